The molecule has 7 nitrogen and oxygen atoms in total. The molecule has 25 heavy (non-hydrogen) atoms. The fraction of sp³-hybridized carbons (Fsp3) is 0.235. The molecule has 0 fully saturated rings. The molecule has 0 spiro atoms. The van der Waals surface area contributed by atoms with Gasteiger partial charge in [0, 0.05) is 12.1 Å². The maximum Gasteiger partial charge on any atom is 0.233 e. The Balaban J connectivity index is 1.54. The van der Waals surface area contributed by atoms with Crippen LogP contribution in [0.2, 0.25) is 0 Å². The van der Waals surface area contributed by atoms with Gasteiger partial charge in [-0.15, -0.1) is 10.2 Å². The first-order valence-corrected chi connectivity index (χ1v) is 8.81. The predicted octanol–water partition coefficient (Wildman–Crippen LogP) is 3.26. The minimum atomic E-state index is -0.267. The summed E-state index contributed by atoms with van der Waals surface area (Å²) >= 11 is 1.40. The van der Waals surface area contributed by atoms with Crippen LogP contribution in [0.3, 0.4) is 0 Å². The van der Waals surface area contributed by atoms with Crippen molar-refractivity contribution in [2.75, 3.05) is 0 Å². The van der Waals surface area contributed by atoms with Crippen molar-refractivity contribution in [1.82, 2.24) is 19.9 Å². The molecule has 4 aromatic rings. The highest BCUT2D eigenvalue weighted by Gasteiger charge is 2.21. The lowest BCUT2D eigenvalue weighted by Gasteiger charge is -2.14. The molecule has 1 amide bonds. The summed E-state index contributed by atoms with van der Waals surface area (Å²) in [6.45, 7) is 2.35. The van der Waals surface area contributed by atoms with Gasteiger partial charge in [-0.05, 0) is 18.6 Å². The zero-order valence-corrected chi connectivity index (χ0v) is 14.3. The molecule has 0 bridgehead atoms. The summed E-state index contributed by atoms with van der Waals surface area (Å²) < 4.78 is 12.6. The number of nitrogens with zero attached hydrogens (tertiary/aromatic N) is 3. The number of carbonyl (C=O) groups excluding carboxylic acids is 1. The van der Waals surface area contributed by atoms with Crippen LogP contribution in [0.25, 0.3) is 16.6 Å². The van der Waals surface area contributed by atoms with Gasteiger partial charge in [0.2, 0.25) is 5.91 Å². The molecule has 8 heteroatoms. The number of thioether (sulfide) groups is 1. The standard InChI is InChI=1S/C17H16N4O3S/c1-2-15(16(22)18-9-11-4-3-6-23-11)25-17-13-8-14-12(5-7-24-14)21(13)10-19-20-17/h3-8,10,15H,2,9H2,1H3,(H,18,22). The molecule has 0 radical (unpaired) electrons. The molecule has 1 unspecified atom stereocenters. The second-order valence-corrected chi connectivity index (χ2v) is 6.71. The second kappa shape index (κ2) is 6.64. The van der Waals surface area contributed by atoms with E-state index in [0.717, 1.165) is 22.4 Å². The van der Waals surface area contributed by atoms with Crippen LogP contribution in [-0.2, 0) is 11.3 Å². The number of nitrogens with one attached hydrogen (secondary N) is 1. The molecule has 1 N–H and O–H groups in total. The Hall–Kier alpha value is -2.74. The van der Waals surface area contributed by atoms with Crippen molar-refractivity contribution >= 4 is 34.3 Å². The smallest absolute Gasteiger partial charge is 0.233 e. The lowest BCUT2D eigenvalue weighted by Crippen LogP contribution is -2.31. The molecule has 4 rings (SSSR count). The SMILES string of the molecule is CCC(Sc1nncn2c1cc1occc12)C(=O)NCc1ccco1. The minimum Gasteiger partial charge on any atom is -0.467 e. The number of rotatable bonds is 6. The Morgan fingerprint density at radius 1 is 1.32 bits per heavy atom. The third kappa shape index (κ3) is 3.00. The Bertz CT molecular complexity index is 1010. The summed E-state index contributed by atoms with van der Waals surface area (Å²) in [5, 5.41) is 11.6. The van der Waals surface area contributed by atoms with Crippen LogP contribution in [-0.4, -0.2) is 25.8 Å². The number of furan rings is 2. The third-order valence-electron chi connectivity index (χ3n) is 3.93. The van der Waals surface area contributed by atoms with Crippen molar-refractivity contribution in [3.8, 4) is 0 Å². The van der Waals surface area contributed by atoms with Crippen LogP contribution in [0, 0.1) is 0 Å². The topological polar surface area (TPSA) is 85.6 Å². The van der Waals surface area contributed by atoms with Gasteiger partial charge in [0.25, 0.3) is 0 Å². The van der Waals surface area contributed by atoms with Crippen LogP contribution in [0.5, 0.6) is 0 Å². The first-order valence-electron chi connectivity index (χ1n) is 7.93. The lowest BCUT2D eigenvalue weighted by atomic mass is 10.3. The monoisotopic (exact) mass is 356 g/mol. The highest BCUT2D eigenvalue weighted by atomic mass is 32.2. The molecule has 0 aliphatic rings. The molecule has 4 heterocycles. The van der Waals surface area contributed by atoms with Gasteiger partial charge < -0.3 is 14.2 Å². The maximum absolute atomic E-state index is 12.5. The van der Waals surface area contributed by atoms with Gasteiger partial charge in [0.15, 0.2) is 5.58 Å². The van der Waals surface area contributed by atoms with Crippen molar-refractivity contribution in [2.24, 2.45) is 0 Å². The van der Waals surface area contributed by atoms with E-state index in [1.54, 1.807) is 24.9 Å². The van der Waals surface area contributed by atoms with Crippen LogP contribution in [0.15, 0.2) is 57.0 Å². The fourth-order valence-corrected chi connectivity index (χ4v) is 3.66. The Kier molecular flexibility index (Phi) is 4.19. The third-order valence-corrected chi connectivity index (χ3v) is 5.28. The number of carbonyl (C=O) groups is 1. The van der Waals surface area contributed by atoms with Crippen molar-refractivity contribution in [1.29, 1.82) is 0 Å². The van der Waals surface area contributed by atoms with E-state index in [1.165, 1.54) is 11.8 Å². The Morgan fingerprint density at radius 2 is 2.24 bits per heavy atom. The molecule has 0 aliphatic carbocycles. The molecule has 128 valence electrons. The lowest BCUT2D eigenvalue weighted by molar-refractivity contribution is -0.120. The zero-order valence-electron chi connectivity index (χ0n) is 13.5. The molecule has 0 aromatic carbocycles. The molecule has 1 atom stereocenters. The summed E-state index contributed by atoms with van der Waals surface area (Å²) in [6.07, 6.45) is 5.55. The van der Waals surface area contributed by atoms with Crippen LogP contribution < -0.4 is 5.32 Å². The summed E-state index contributed by atoms with van der Waals surface area (Å²) in [4.78, 5) is 12.5. The molecular weight excluding hydrogens is 340 g/mol. The van der Waals surface area contributed by atoms with Crippen LogP contribution in [0.1, 0.15) is 19.1 Å². The quantitative estimate of drug-likeness (QED) is 0.534. The molecule has 0 aliphatic heterocycles. The minimum absolute atomic E-state index is 0.0528. The zero-order chi connectivity index (χ0) is 17.2. The van der Waals surface area contributed by atoms with Gasteiger partial charge in [0.1, 0.15) is 17.1 Å². The van der Waals surface area contributed by atoms with E-state index in [9.17, 15) is 4.79 Å². The van der Waals surface area contributed by atoms with Crippen molar-refractivity contribution in [3.63, 3.8) is 0 Å². The largest absolute Gasteiger partial charge is 0.467 e. The molecule has 0 saturated carbocycles. The first kappa shape index (κ1) is 15.8. The fourth-order valence-electron chi connectivity index (χ4n) is 2.66. The van der Waals surface area contributed by atoms with E-state index in [-0.39, 0.29) is 11.2 Å². The van der Waals surface area contributed by atoms with E-state index in [4.69, 9.17) is 8.83 Å². The van der Waals surface area contributed by atoms with Gasteiger partial charge in [-0.3, -0.25) is 9.20 Å². The predicted molar refractivity (Wildman–Crippen MR) is 93.2 cm³/mol. The number of aromatic nitrogens is 3. The number of fused-ring (bicyclic) bond motifs is 3. The van der Waals surface area contributed by atoms with E-state index >= 15 is 0 Å². The highest BCUT2D eigenvalue weighted by Crippen LogP contribution is 2.30. The average Bonchev–Trinajstić information content (AvgIpc) is 3.34. The average molecular weight is 356 g/mol. The normalized spacial score (nSPS) is 12.7. The van der Waals surface area contributed by atoms with Gasteiger partial charge in [0.05, 0.1) is 35.4 Å². The van der Waals surface area contributed by atoms with Crippen molar-refractivity contribution < 1.29 is 13.6 Å². The van der Waals surface area contributed by atoms with Gasteiger partial charge >= 0.3 is 0 Å². The molecule has 0 saturated heterocycles. The number of amides is 1. The van der Waals surface area contributed by atoms with Crippen LogP contribution >= 0.6 is 11.8 Å². The van der Waals surface area contributed by atoms with E-state index in [2.05, 4.69) is 15.5 Å². The van der Waals surface area contributed by atoms with E-state index in [0.29, 0.717) is 18.0 Å². The summed E-state index contributed by atoms with van der Waals surface area (Å²) in [5.74, 6) is 0.671. The maximum atomic E-state index is 12.5. The van der Waals surface area contributed by atoms with Gasteiger partial charge in [-0.25, -0.2) is 0 Å². The van der Waals surface area contributed by atoms with Crippen molar-refractivity contribution in [2.45, 2.75) is 30.2 Å². The number of hydrogen-bond acceptors (Lipinski definition) is 6. The van der Waals surface area contributed by atoms with Gasteiger partial charge in [-0.2, -0.15) is 0 Å². The summed E-state index contributed by atoms with van der Waals surface area (Å²) in [5.41, 5.74) is 2.58. The highest BCUT2D eigenvalue weighted by molar-refractivity contribution is 8.00. The van der Waals surface area contributed by atoms with Crippen molar-refractivity contribution in [3.05, 3.63) is 48.9 Å². The van der Waals surface area contributed by atoms with E-state index in [1.807, 2.05) is 29.5 Å². The first-order chi connectivity index (χ1) is 12.3. The molecule has 4 aromatic heterocycles. The summed E-state index contributed by atoms with van der Waals surface area (Å²) in [7, 11) is 0. The summed E-state index contributed by atoms with van der Waals surface area (Å²) in [6, 6.07) is 7.42. The molecular formula is C17H16N4O3S. The van der Waals surface area contributed by atoms with Crippen LogP contribution in [0.4, 0.5) is 0 Å². The van der Waals surface area contributed by atoms with E-state index < -0.39 is 0 Å². The number of hydrogen-bond donors (Lipinski definition) is 1. The second-order valence-electron chi connectivity index (χ2n) is 5.52. The Labute approximate surface area is 147 Å². The van der Waals surface area contributed by atoms with Gasteiger partial charge in [-0.1, -0.05) is 18.7 Å². The Morgan fingerprint density at radius 3 is 3.04 bits per heavy atom.